The predicted octanol–water partition coefficient (Wildman–Crippen LogP) is 2.77. The minimum Gasteiger partial charge on any atom is -0.497 e. The van der Waals surface area contributed by atoms with Gasteiger partial charge in [-0.25, -0.2) is 0 Å². The number of carbonyl (C=O) groups excluding carboxylic acids is 2. The van der Waals surface area contributed by atoms with Crippen molar-refractivity contribution in [3.8, 4) is 5.75 Å². The van der Waals surface area contributed by atoms with Crippen LogP contribution in [0.1, 0.15) is 34.9 Å². The third-order valence-corrected chi connectivity index (χ3v) is 5.62. The standard InChI is InChI=1S/C21H24N2O4/c1-26-16-8-6-15(7-9-16)17-13-23(21(25)19-5-4-12-27-19)14-18(17)20(24)22-10-2-3-11-22/h4-9,12,17-18H,2-3,10-11,13-14H2,1H3. The number of likely N-dealkylation sites (tertiary alicyclic amines) is 2. The van der Waals surface area contributed by atoms with Crippen molar-refractivity contribution in [2.24, 2.45) is 5.92 Å². The molecule has 27 heavy (non-hydrogen) atoms. The van der Waals surface area contributed by atoms with Gasteiger partial charge in [0.25, 0.3) is 5.91 Å². The summed E-state index contributed by atoms with van der Waals surface area (Å²) in [5, 5.41) is 0. The average Bonchev–Trinajstić information content (AvgIpc) is 3.48. The first-order valence-corrected chi connectivity index (χ1v) is 9.43. The molecule has 6 nitrogen and oxygen atoms in total. The first kappa shape index (κ1) is 17.6. The molecule has 2 saturated heterocycles. The van der Waals surface area contributed by atoms with Gasteiger partial charge in [-0.15, -0.1) is 0 Å². The Hall–Kier alpha value is -2.76. The van der Waals surface area contributed by atoms with Crippen LogP contribution in [0.5, 0.6) is 5.75 Å². The van der Waals surface area contributed by atoms with E-state index >= 15 is 0 Å². The maximum atomic E-state index is 13.1. The predicted molar refractivity (Wildman–Crippen MR) is 99.7 cm³/mol. The van der Waals surface area contributed by atoms with Gasteiger partial charge in [0.1, 0.15) is 5.75 Å². The Labute approximate surface area is 158 Å². The molecule has 2 aromatic rings. The molecule has 142 valence electrons. The monoisotopic (exact) mass is 368 g/mol. The van der Waals surface area contributed by atoms with E-state index in [1.54, 1.807) is 24.1 Å². The number of nitrogens with zero attached hydrogens (tertiary/aromatic N) is 2. The topological polar surface area (TPSA) is 63.0 Å². The molecule has 0 aliphatic carbocycles. The van der Waals surface area contributed by atoms with Gasteiger partial charge in [-0.05, 0) is 42.7 Å². The lowest BCUT2D eigenvalue weighted by molar-refractivity contribution is -0.134. The van der Waals surface area contributed by atoms with E-state index in [4.69, 9.17) is 9.15 Å². The Morgan fingerprint density at radius 1 is 1.04 bits per heavy atom. The quantitative estimate of drug-likeness (QED) is 0.833. The summed E-state index contributed by atoms with van der Waals surface area (Å²) in [6, 6.07) is 11.2. The minimum absolute atomic E-state index is 0.0251. The van der Waals surface area contributed by atoms with E-state index in [0.29, 0.717) is 18.8 Å². The Bertz CT molecular complexity index is 794. The molecule has 2 aliphatic rings. The number of hydrogen-bond acceptors (Lipinski definition) is 4. The van der Waals surface area contributed by atoms with Gasteiger partial charge in [-0.3, -0.25) is 9.59 Å². The minimum atomic E-state index is -0.226. The second kappa shape index (κ2) is 7.47. The van der Waals surface area contributed by atoms with E-state index in [9.17, 15) is 9.59 Å². The molecule has 0 radical (unpaired) electrons. The number of ether oxygens (including phenoxy) is 1. The van der Waals surface area contributed by atoms with Gasteiger partial charge in [0.15, 0.2) is 5.76 Å². The Balaban J connectivity index is 1.60. The number of benzene rings is 1. The van der Waals surface area contributed by atoms with Crippen LogP contribution in [-0.4, -0.2) is 54.9 Å². The van der Waals surface area contributed by atoms with Gasteiger partial charge in [-0.2, -0.15) is 0 Å². The van der Waals surface area contributed by atoms with Crippen LogP contribution < -0.4 is 4.74 Å². The Morgan fingerprint density at radius 3 is 2.41 bits per heavy atom. The van der Waals surface area contributed by atoms with Crippen molar-refractivity contribution in [1.29, 1.82) is 0 Å². The molecule has 2 fully saturated rings. The lowest BCUT2D eigenvalue weighted by atomic mass is 9.88. The summed E-state index contributed by atoms with van der Waals surface area (Å²) in [7, 11) is 1.63. The maximum Gasteiger partial charge on any atom is 0.289 e. The average molecular weight is 368 g/mol. The molecule has 2 atom stereocenters. The number of amides is 2. The summed E-state index contributed by atoms with van der Waals surface area (Å²) >= 11 is 0. The summed E-state index contributed by atoms with van der Waals surface area (Å²) < 4.78 is 10.5. The fraction of sp³-hybridized carbons (Fsp3) is 0.429. The molecular formula is C21H24N2O4. The van der Waals surface area contributed by atoms with Crippen molar-refractivity contribution in [2.75, 3.05) is 33.3 Å². The van der Waals surface area contributed by atoms with E-state index in [-0.39, 0.29) is 23.7 Å². The zero-order valence-corrected chi connectivity index (χ0v) is 15.5. The molecule has 0 spiro atoms. The first-order valence-electron chi connectivity index (χ1n) is 9.43. The largest absolute Gasteiger partial charge is 0.497 e. The molecule has 2 unspecified atom stereocenters. The molecule has 4 rings (SSSR count). The van der Waals surface area contributed by atoms with Gasteiger partial charge in [0, 0.05) is 32.1 Å². The molecular weight excluding hydrogens is 344 g/mol. The third kappa shape index (κ3) is 3.44. The Kier molecular flexibility index (Phi) is 4.88. The van der Waals surface area contributed by atoms with Crippen molar-refractivity contribution in [2.45, 2.75) is 18.8 Å². The summed E-state index contributed by atoms with van der Waals surface area (Å²) in [5.74, 6) is 0.844. The lowest BCUT2D eigenvalue weighted by Gasteiger charge is -2.24. The summed E-state index contributed by atoms with van der Waals surface area (Å²) in [4.78, 5) is 29.6. The van der Waals surface area contributed by atoms with E-state index in [0.717, 1.165) is 37.2 Å². The van der Waals surface area contributed by atoms with Crippen LogP contribution >= 0.6 is 0 Å². The summed E-state index contributed by atoms with van der Waals surface area (Å²) in [6.45, 7) is 2.56. The number of carbonyl (C=O) groups is 2. The van der Waals surface area contributed by atoms with Crippen molar-refractivity contribution < 1.29 is 18.7 Å². The van der Waals surface area contributed by atoms with Gasteiger partial charge in [0.05, 0.1) is 19.3 Å². The van der Waals surface area contributed by atoms with Crippen LogP contribution in [0, 0.1) is 5.92 Å². The van der Waals surface area contributed by atoms with E-state index in [1.165, 1.54) is 6.26 Å². The van der Waals surface area contributed by atoms with Gasteiger partial charge < -0.3 is 19.0 Å². The molecule has 0 bridgehead atoms. The summed E-state index contributed by atoms with van der Waals surface area (Å²) in [5.41, 5.74) is 1.06. The van der Waals surface area contributed by atoms with E-state index < -0.39 is 0 Å². The SMILES string of the molecule is COc1ccc(C2CN(C(=O)c3ccco3)CC2C(=O)N2CCCC2)cc1. The van der Waals surface area contributed by atoms with Crippen LogP contribution in [-0.2, 0) is 4.79 Å². The lowest BCUT2D eigenvalue weighted by Crippen LogP contribution is -2.37. The van der Waals surface area contributed by atoms with Crippen molar-refractivity contribution in [1.82, 2.24) is 9.80 Å². The number of hydrogen-bond donors (Lipinski definition) is 0. The van der Waals surface area contributed by atoms with Gasteiger partial charge >= 0.3 is 0 Å². The van der Waals surface area contributed by atoms with Crippen molar-refractivity contribution in [3.05, 3.63) is 54.0 Å². The van der Waals surface area contributed by atoms with Crippen molar-refractivity contribution in [3.63, 3.8) is 0 Å². The van der Waals surface area contributed by atoms with Gasteiger partial charge in [0.2, 0.25) is 5.91 Å². The second-order valence-corrected chi connectivity index (χ2v) is 7.21. The van der Waals surface area contributed by atoms with Crippen LogP contribution in [0.25, 0.3) is 0 Å². The Morgan fingerprint density at radius 2 is 1.78 bits per heavy atom. The second-order valence-electron chi connectivity index (χ2n) is 7.21. The smallest absolute Gasteiger partial charge is 0.289 e. The molecule has 2 amide bonds. The van der Waals surface area contributed by atoms with Crippen LogP contribution in [0.3, 0.4) is 0 Å². The third-order valence-electron chi connectivity index (χ3n) is 5.62. The number of methoxy groups -OCH3 is 1. The van der Waals surface area contributed by atoms with E-state index in [2.05, 4.69) is 0 Å². The summed E-state index contributed by atoms with van der Waals surface area (Å²) in [6.07, 6.45) is 3.61. The fourth-order valence-corrected chi connectivity index (χ4v) is 4.14. The zero-order valence-electron chi connectivity index (χ0n) is 15.5. The molecule has 0 N–H and O–H groups in total. The molecule has 1 aromatic carbocycles. The van der Waals surface area contributed by atoms with Crippen LogP contribution in [0.2, 0.25) is 0 Å². The van der Waals surface area contributed by atoms with Crippen LogP contribution in [0.4, 0.5) is 0 Å². The van der Waals surface area contributed by atoms with Crippen molar-refractivity contribution >= 4 is 11.8 Å². The number of rotatable bonds is 4. The molecule has 6 heteroatoms. The highest BCUT2D eigenvalue weighted by Crippen LogP contribution is 2.36. The normalized spacial score (nSPS) is 22.3. The molecule has 1 aromatic heterocycles. The molecule has 3 heterocycles. The fourth-order valence-electron chi connectivity index (χ4n) is 4.14. The van der Waals surface area contributed by atoms with E-state index in [1.807, 2.05) is 29.2 Å². The highest BCUT2D eigenvalue weighted by molar-refractivity contribution is 5.92. The zero-order chi connectivity index (χ0) is 18.8. The molecule has 0 saturated carbocycles. The highest BCUT2D eigenvalue weighted by Gasteiger charge is 2.43. The first-order chi connectivity index (χ1) is 13.2. The highest BCUT2D eigenvalue weighted by atomic mass is 16.5. The van der Waals surface area contributed by atoms with Gasteiger partial charge in [-0.1, -0.05) is 12.1 Å². The maximum absolute atomic E-state index is 13.1. The number of furan rings is 1. The van der Waals surface area contributed by atoms with Crippen LogP contribution in [0.15, 0.2) is 47.1 Å². The molecule has 2 aliphatic heterocycles.